The van der Waals surface area contributed by atoms with Gasteiger partial charge < -0.3 is 9.84 Å². The molecule has 29 heavy (non-hydrogen) atoms. The molecule has 0 unspecified atom stereocenters. The molecule has 2 aliphatic rings. The van der Waals surface area contributed by atoms with Crippen molar-refractivity contribution in [3.05, 3.63) is 47.4 Å². The van der Waals surface area contributed by atoms with E-state index in [1.807, 2.05) is 6.92 Å². The number of rotatable bonds is 4. The maximum Gasteiger partial charge on any atom is 0.259 e. The SMILES string of the molecule is Cc1cc(C(=O)N[C@H](C)[C@@H]2C[C@H]3CC[C@H]2C3)c2c(-c3ccc(F)cc3)noc2n1. The summed E-state index contributed by atoms with van der Waals surface area (Å²) in [6.07, 6.45) is 5.15. The summed E-state index contributed by atoms with van der Waals surface area (Å²) in [5.41, 5.74) is 2.71. The first kappa shape index (κ1) is 18.3. The molecule has 2 bridgehead atoms. The molecule has 3 aromatic rings. The van der Waals surface area contributed by atoms with E-state index in [1.54, 1.807) is 18.2 Å². The van der Waals surface area contributed by atoms with Crippen LogP contribution in [0.4, 0.5) is 4.39 Å². The van der Waals surface area contributed by atoms with E-state index in [0.29, 0.717) is 39.5 Å². The van der Waals surface area contributed by atoms with E-state index < -0.39 is 0 Å². The van der Waals surface area contributed by atoms with Crippen molar-refractivity contribution >= 4 is 17.0 Å². The molecule has 2 saturated carbocycles. The molecular formula is C23H24FN3O2. The lowest BCUT2D eigenvalue weighted by Gasteiger charge is -2.28. The van der Waals surface area contributed by atoms with Crippen molar-refractivity contribution < 1.29 is 13.7 Å². The van der Waals surface area contributed by atoms with Crippen molar-refractivity contribution in [2.75, 3.05) is 0 Å². The highest BCUT2D eigenvalue weighted by molar-refractivity contribution is 6.09. The van der Waals surface area contributed by atoms with E-state index in [1.165, 1.54) is 37.8 Å². The number of halogens is 1. The largest absolute Gasteiger partial charge is 0.349 e. The van der Waals surface area contributed by atoms with Crippen LogP contribution in [-0.4, -0.2) is 22.1 Å². The number of nitrogens with one attached hydrogen (secondary N) is 1. The summed E-state index contributed by atoms with van der Waals surface area (Å²) in [4.78, 5) is 17.6. The van der Waals surface area contributed by atoms with Gasteiger partial charge in [-0.2, -0.15) is 0 Å². The van der Waals surface area contributed by atoms with Crippen LogP contribution >= 0.6 is 0 Å². The fourth-order valence-corrected chi connectivity index (χ4v) is 5.36. The summed E-state index contributed by atoms with van der Waals surface area (Å²) < 4.78 is 18.8. The molecule has 2 aliphatic carbocycles. The lowest BCUT2D eigenvalue weighted by molar-refractivity contribution is 0.0917. The average molecular weight is 393 g/mol. The minimum Gasteiger partial charge on any atom is -0.349 e. The summed E-state index contributed by atoms with van der Waals surface area (Å²) >= 11 is 0. The minimum absolute atomic E-state index is 0.121. The Hall–Kier alpha value is -2.76. The van der Waals surface area contributed by atoms with Crippen molar-refractivity contribution in [2.45, 2.75) is 45.6 Å². The lowest BCUT2D eigenvalue weighted by atomic mass is 9.84. The molecule has 1 aromatic carbocycles. The summed E-state index contributed by atoms with van der Waals surface area (Å²) in [5.74, 6) is 1.66. The molecule has 1 N–H and O–H groups in total. The first-order chi connectivity index (χ1) is 14.0. The second-order valence-electron chi connectivity index (χ2n) is 8.63. The van der Waals surface area contributed by atoms with Crippen LogP contribution in [0.2, 0.25) is 0 Å². The van der Waals surface area contributed by atoms with Gasteiger partial charge in [0.1, 0.15) is 11.5 Å². The van der Waals surface area contributed by atoms with Crippen LogP contribution in [0.1, 0.15) is 48.7 Å². The number of nitrogens with zero attached hydrogens (tertiary/aromatic N) is 2. The topological polar surface area (TPSA) is 68.0 Å². The molecule has 5 rings (SSSR count). The molecule has 6 heteroatoms. The molecule has 5 nitrogen and oxygen atoms in total. The summed E-state index contributed by atoms with van der Waals surface area (Å²) in [7, 11) is 0. The van der Waals surface area contributed by atoms with Gasteiger partial charge in [-0.25, -0.2) is 9.37 Å². The Balaban J connectivity index is 1.49. The highest BCUT2D eigenvalue weighted by Crippen LogP contribution is 2.49. The standard InChI is InChI=1S/C23H24FN3O2/c1-12-9-19(22(28)26-13(2)18-11-14-3-4-16(18)10-14)20-21(27-29-23(20)25-12)15-5-7-17(24)8-6-15/h5-9,13-14,16,18H,3-4,10-11H2,1-2H3,(H,26,28)/t13-,14+,16+,18+/m1/s1. The molecular weight excluding hydrogens is 369 g/mol. The average Bonchev–Trinajstić information content (AvgIpc) is 3.43. The lowest BCUT2D eigenvalue weighted by Crippen LogP contribution is -2.40. The third kappa shape index (κ3) is 3.20. The van der Waals surface area contributed by atoms with Gasteiger partial charge in [-0.3, -0.25) is 4.79 Å². The Labute approximate surface area is 168 Å². The quantitative estimate of drug-likeness (QED) is 0.685. The van der Waals surface area contributed by atoms with Gasteiger partial charge in [0.05, 0.1) is 10.9 Å². The summed E-state index contributed by atoms with van der Waals surface area (Å²) in [6, 6.07) is 7.89. The number of fused-ring (bicyclic) bond motifs is 3. The first-order valence-electron chi connectivity index (χ1n) is 10.3. The van der Waals surface area contributed by atoms with E-state index in [0.717, 1.165) is 11.8 Å². The van der Waals surface area contributed by atoms with E-state index in [-0.39, 0.29) is 17.8 Å². The zero-order valence-corrected chi connectivity index (χ0v) is 16.6. The highest BCUT2D eigenvalue weighted by Gasteiger charge is 2.42. The fourth-order valence-electron chi connectivity index (χ4n) is 5.36. The fraction of sp³-hybridized carbons (Fsp3) is 0.435. The van der Waals surface area contributed by atoms with Gasteiger partial charge in [0.25, 0.3) is 11.6 Å². The monoisotopic (exact) mass is 393 g/mol. The van der Waals surface area contributed by atoms with Gasteiger partial charge in [0, 0.05) is 17.3 Å². The number of carbonyl (C=O) groups excluding carboxylic acids is 1. The van der Waals surface area contributed by atoms with Crippen molar-refractivity contribution in [1.29, 1.82) is 0 Å². The van der Waals surface area contributed by atoms with Gasteiger partial charge in [-0.1, -0.05) is 11.6 Å². The van der Waals surface area contributed by atoms with Gasteiger partial charge in [0.15, 0.2) is 0 Å². The van der Waals surface area contributed by atoms with Crippen molar-refractivity contribution in [1.82, 2.24) is 15.5 Å². The van der Waals surface area contributed by atoms with E-state index in [4.69, 9.17) is 4.52 Å². The molecule has 4 atom stereocenters. The summed E-state index contributed by atoms with van der Waals surface area (Å²) in [5, 5.41) is 7.92. The van der Waals surface area contributed by atoms with Crippen molar-refractivity contribution in [2.24, 2.45) is 17.8 Å². The van der Waals surface area contributed by atoms with E-state index in [9.17, 15) is 9.18 Å². The number of amides is 1. The third-order valence-corrected chi connectivity index (χ3v) is 6.73. The number of benzene rings is 1. The predicted octanol–water partition coefficient (Wildman–Crippen LogP) is 4.89. The number of hydrogen-bond donors (Lipinski definition) is 1. The second kappa shape index (κ2) is 6.94. The predicted molar refractivity (Wildman–Crippen MR) is 108 cm³/mol. The van der Waals surface area contributed by atoms with Gasteiger partial charge in [-0.15, -0.1) is 0 Å². The molecule has 150 valence electrons. The molecule has 2 aromatic heterocycles. The molecule has 0 saturated heterocycles. The van der Waals surface area contributed by atoms with Crippen molar-refractivity contribution in [3.63, 3.8) is 0 Å². The highest BCUT2D eigenvalue weighted by atomic mass is 19.1. The maximum absolute atomic E-state index is 13.3. The molecule has 0 aliphatic heterocycles. The Bertz CT molecular complexity index is 1080. The van der Waals surface area contributed by atoms with Gasteiger partial charge >= 0.3 is 0 Å². The first-order valence-corrected chi connectivity index (χ1v) is 10.3. The zero-order chi connectivity index (χ0) is 20.1. The number of pyridine rings is 1. The number of aryl methyl sites for hydroxylation is 1. The van der Waals surface area contributed by atoms with E-state index >= 15 is 0 Å². The number of carbonyl (C=O) groups is 1. The van der Waals surface area contributed by atoms with Crippen LogP contribution in [0.15, 0.2) is 34.9 Å². The number of aromatic nitrogens is 2. The molecule has 2 fully saturated rings. The maximum atomic E-state index is 13.3. The molecule has 0 spiro atoms. The Morgan fingerprint density at radius 2 is 2.03 bits per heavy atom. The molecule has 0 radical (unpaired) electrons. The Kier molecular flexibility index (Phi) is 4.37. The molecule has 2 heterocycles. The van der Waals surface area contributed by atoms with Crippen LogP contribution in [0.25, 0.3) is 22.4 Å². The minimum atomic E-state index is -0.326. The van der Waals surface area contributed by atoms with E-state index in [2.05, 4.69) is 22.4 Å². The van der Waals surface area contributed by atoms with Crippen LogP contribution in [0.5, 0.6) is 0 Å². The van der Waals surface area contributed by atoms with Crippen LogP contribution < -0.4 is 5.32 Å². The van der Waals surface area contributed by atoms with Gasteiger partial charge in [-0.05, 0) is 81.2 Å². The van der Waals surface area contributed by atoms with Gasteiger partial charge in [0.2, 0.25) is 0 Å². The Morgan fingerprint density at radius 3 is 2.72 bits per heavy atom. The van der Waals surface area contributed by atoms with Crippen molar-refractivity contribution in [3.8, 4) is 11.3 Å². The molecule has 1 amide bonds. The Morgan fingerprint density at radius 1 is 1.24 bits per heavy atom. The second-order valence-corrected chi connectivity index (χ2v) is 8.63. The third-order valence-electron chi connectivity index (χ3n) is 6.73. The zero-order valence-electron chi connectivity index (χ0n) is 16.6. The van der Waals surface area contributed by atoms with Crippen LogP contribution in [0, 0.1) is 30.5 Å². The number of hydrogen-bond acceptors (Lipinski definition) is 4. The summed E-state index contributed by atoms with van der Waals surface area (Å²) in [6.45, 7) is 3.94. The van der Waals surface area contributed by atoms with Crippen LogP contribution in [-0.2, 0) is 0 Å². The smallest absolute Gasteiger partial charge is 0.259 e. The van der Waals surface area contributed by atoms with Crippen LogP contribution in [0.3, 0.4) is 0 Å². The normalized spacial score (nSPS) is 24.2.